The molecule has 146 valence electrons. The molecule has 0 aliphatic heterocycles. The van der Waals surface area contributed by atoms with Gasteiger partial charge in [-0.2, -0.15) is 5.10 Å². The first-order chi connectivity index (χ1) is 14.1. The van der Waals surface area contributed by atoms with E-state index in [0.29, 0.717) is 17.0 Å². The summed E-state index contributed by atoms with van der Waals surface area (Å²) in [6.07, 6.45) is 1.82. The predicted octanol–water partition coefficient (Wildman–Crippen LogP) is 4.21. The normalized spacial score (nSPS) is 10.7. The van der Waals surface area contributed by atoms with Crippen LogP contribution < -0.4 is 10.1 Å². The molecular formula is C22H18FN3O3. The molecule has 7 heteroatoms. The lowest BCUT2D eigenvalue weighted by Crippen LogP contribution is -2.22. The summed E-state index contributed by atoms with van der Waals surface area (Å²) in [5, 5.41) is 7.24. The van der Waals surface area contributed by atoms with Crippen LogP contribution in [-0.4, -0.2) is 22.8 Å². The molecule has 1 N–H and O–H groups in total. The molecule has 0 radical (unpaired) electrons. The molecule has 0 bridgehead atoms. The number of rotatable bonds is 6. The number of amides is 1. The molecule has 2 heterocycles. The Morgan fingerprint density at radius 1 is 1.07 bits per heavy atom. The zero-order valence-electron chi connectivity index (χ0n) is 15.6. The summed E-state index contributed by atoms with van der Waals surface area (Å²) in [6, 6.07) is 18.5. The molecule has 0 fully saturated rings. The van der Waals surface area contributed by atoms with Gasteiger partial charge in [0.05, 0.1) is 25.0 Å². The fourth-order valence-corrected chi connectivity index (χ4v) is 2.82. The Kier molecular flexibility index (Phi) is 5.11. The summed E-state index contributed by atoms with van der Waals surface area (Å²) < 4.78 is 25.5. The smallest absolute Gasteiger partial charge is 0.287 e. The number of benzene rings is 2. The van der Waals surface area contributed by atoms with E-state index in [9.17, 15) is 9.18 Å². The van der Waals surface area contributed by atoms with E-state index in [1.807, 2.05) is 36.5 Å². The molecule has 0 unspecified atom stereocenters. The second-order valence-electron chi connectivity index (χ2n) is 6.30. The SMILES string of the molecule is COc1ccc(-n2ccc(CNC(=O)c3ccc(-c4ccc(F)cc4)o3)n2)cc1. The van der Waals surface area contributed by atoms with Crippen LogP contribution in [0.5, 0.6) is 5.75 Å². The van der Waals surface area contributed by atoms with Crippen molar-refractivity contribution in [3.63, 3.8) is 0 Å². The van der Waals surface area contributed by atoms with Crippen LogP contribution in [0.15, 0.2) is 77.3 Å². The van der Waals surface area contributed by atoms with Crippen molar-refractivity contribution in [2.75, 3.05) is 7.11 Å². The van der Waals surface area contributed by atoms with Gasteiger partial charge in [0, 0.05) is 11.8 Å². The van der Waals surface area contributed by atoms with E-state index >= 15 is 0 Å². The average Bonchev–Trinajstić information content (AvgIpc) is 3.43. The van der Waals surface area contributed by atoms with Gasteiger partial charge in [-0.3, -0.25) is 4.79 Å². The van der Waals surface area contributed by atoms with E-state index in [0.717, 1.165) is 11.4 Å². The van der Waals surface area contributed by atoms with Crippen LogP contribution in [0, 0.1) is 5.82 Å². The molecule has 0 saturated heterocycles. The maximum Gasteiger partial charge on any atom is 0.287 e. The number of carbonyl (C=O) groups is 1. The fourth-order valence-electron chi connectivity index (χ4n) is 2.82. The number of nitrogens with one attached hydrogen (secondary N) is 1. The number of hydrogen-bond acceptors (Lipinski definition) is 4. The van der Waals surface area contributed by atoms with Crippen LogP contribution in [0.1, 0.15) is 16.2 Å². The van der Waals surface area contributed by atoms with Crippen LogP contribution in [0.25, 0.3) is 17.0 Å². The van der Waals surface area contributed by atoms with Crippen LogP contribution in [0.3, 0.4) is 0 Å². The van der Waals surface area contributed by atoms with Crippen molar-refractivity contribution >= 4 is 5.91 Å². The molecule has 6 nitrogen and oxygen atoms in total. The first-order valence-electron chi connectivity index (χ1n) is 8.95. The molecule has 29 heavy (non-hydrogen) atoms. The molecule has 0 saturated carbocycles. The van der Waals surface area contributed by atoms with Crippen LogP contribution >= 0.6 is 0 Å². The highest BCUT2D eigenvalue weighted by Gasteiger charge is 2.13. The first-order valence-corrected chi connectivity index (χ1v) is 8.95. The standard InChI is InChI=1S/C22H18FN3O3/c1-28-19-8-6-18(7-9-19)26-13-12-17(25-26)14-24-22(27)21-11-10-20(29-21)15-2-4-16(23)5-3-15/h2-13H,14H2,1H3,(H,24,27). The lowest BCUT2D eigenvalue weighted by molar-refractivity contribution is 0.0923. The number of carbonyl (C=O) groups excluding carboxylic acids is 1. The second-order valence-corrected chi connectivity index (χ2v) is 6.30. The van der Waals surface area contributed by atoms with Crippen molar-refractivity contribution in [2.24, 2.45) is 0 Å². The molecule has 0 aliphatic rings. The van der Waals surface area contributed by atoms with Crippen molar-refractivity contribution in [2.45, 2.75) is 6.54 Å². The highest BCUT2D eigenvalue weighted by Crippen LogP contribution is 2.22. The Hall–Kier alpha value is -3.87. The van der Waals surface area contributed by atoms with E-state index in [4.69, 9.17) is 9.15 Å². The highest BCUT2D eigenvalue weighted by molar-refractivity contribution is 5.92. The molecule has 2 aromatic carbocycles. The molecule has 4 aromatic rings. The third-order valence-electron chi connectivity index (χ3n) is 4.37. The first kappa shape index (κ1) is 18.5. The van der Waals surface area contributed by atoms with Gasteiger partial charge in [0.2, 0.25) is 0 Å². The summed E-state index contributed by atoms with van der Waals surface area (Å²) >= 11 is 0. The molecule has 2 aromatic heterocycles. The van der Waals surface area contributed by atoms with Gasteiger partial charge in [0.25, 0.3) is 5.91 Å². The van der Waals surface area contributed by atoms with E-state index in [1.165, 1.54) is 12.1 Å². The van der Waals surface area contributed by atoms with Crippen molar-refractivity contribution in [3.8, 4) is 22.8 Å². The van der Waals surface area contributed by atoms with Crippen molar-refractivity contribution in [1.29, 1.82) is 0 Å². The number of furan rings is 1. The highest BCUT2D eigenvalue weighted by atomic mass is 19.1. The largest absolute Gasteiger partial charge is 0.497 e. The van der Waals surface area contributed by atoms with Gasteiger partial charge in [-0.15, -0.1) is 0 Å². The van der Waals surface area contributed by atoms with Gasteiger partial charge in [-0.1, -0.05) is 0 Å². The second kappa shape index (κ2) is 8.02. The Morgan fingerprint density at radius 2 is 1.83 bits per heavy atom. The van der Waals surface area contributed by atoms with Crippen molar-refractivity contribution in [3.05, 3.63) is 90.2 Å². The number of aromatic nitrogens is 2. The Balaban J connectivity index is 1.38. The Morgan fingerprint density at radius 3 is 2.55 bits per heavy atom. The Bertz CT molecular complexity index is 1110. The zero-order valence-corrected chi connectivity index (χ0v) is 15.6. The monoisotopic (exact) mass is 391 g/mol. The summed E-state index contributed by atoms with van der Waals surface area (Å²) in [6.45, 7) is 0.259. The van der Waals surface area contributed by atoms with E-state index in [-0.39, 0.29) is 24.0 Å². The van der Waals surface area contributed by atoms with E-state index < -0.39 is 0 Å². The van der Waals surface area contributed by atoms with Crippen molar-refractivity contribution in [1.82, 2.24) is 15.1 Å². The van der Waals surface area contributed by atoms with E-state index in [1.54, 1.807) is 36.1 Å². The maximum absolute atomic E-state index is 13.0. The summed E-state index contributed by atoms with van der Waals surface area (Å²) in [5.74, 6) is 0.773. The zero-order chi connectivity index (χ0) is 20.2. The van der Waals surface area contributed by atoms with Gasteiger partial charge in [-0.05, 0) is 66.7 Å². The Labute approximate surface area is 166 Å². The minimum Gasteiger partial charge on any atom is -0.497 e. The number of nitrogens with zero attached hydrogens (tertiary/aromatic N) is 2. The molecule has 4 rings (SSSR count). The summed E-state index contributed by atoms with van der Waals surface area (Å²) in [7, 11) is 1.62. The quantitative estimate of drug-likeness (QED) is 0.535. The minimum absolute atomic E-state index is 0.180. The van der Waals surface area contributed by atoms with Gasteiger partial charge in [0.15, 0.2) is 5.76 Å². The molecule has 0 aliphatic carbocycles. The number of methoxy groups -OCH3 is 1. The molecule has 0 atom stereocenters. The maximum atomic E-state index is 13.0. The van der Waals surface area contributed by atoms with Gasteiger partial charge >= 0.3 is 0 Å². The number of hydrogen-bond donors (Lipinski definition) is 1. The van der Waals surface area contributed by atoms with Gasteiger partial charge in [-0.25, -0.2) is 9.07 Å². The van der Waals surface area contributed by atoms with Crippen molar-refractivity contribution < 1.29 is 18.3 Å². The molecule has 0 spiro atoms. The average molecular weight is 391 g/mol. The third kappa shape index (κ3) is 4.19. The number of ether oxygens (including phenoxy) is 1. The summed E-state index contributed by atoms with van der Waals surface area (Å²) in [4.78, 5) is 12.4. The lowest BCUT2D eigenvalue weighted by Gasteiger charge is -2.04. The molecular weight excluding hydrogens is 373 g/mol. The van der Waals surface area contributed by atoms with E-state index in [2.05, 4.69) is 10.4 Å². The van der Waals surface area contributed by atoms with Crippen LogP contribution in [0.4, 0.5) is 4.39 Å². The third-order valence-corrected chi connectivity index (χ3v) is 4.37. The fraction of sp³-hybridized carbons (Fsp3) is 0.0909. The summed E-state index contributed by atoms with van der Waals surface area (Å²) in [5.41, 5.74) is 2.29. The van der Waals surface area contributed by atoms with Gasteiger partial charge < -0.3 is 14.5 Å². The van der Waals surface area contributed by atoms with Crippen LogP contribution in [-0.2, 0) is 6.54 Å². The van der Waals surface area contributed by atoms with Crippen LogP contribution in [0.2, 0.25) is 0 Å². The predicted molar refractivity (Wildman–Crippen MR) is 105 cm³/mol. The van der Waals surface area contributed by atoms with Gasteiger partial charge in [0.1, 0.15) is 17.3 Å². The minimum atomic E-state index is -0.350. The molecule has 1 amide bonds. The number of halogens is 1. The lowest BCUT2D eigenvalue weighted by atomic mass is 10.2. The topological polar surface area (TPSA) is 69.3 Å².